The van der Waals surface area contributed by atoms with E-state index in [9.17, 15) is 4.39 Å². The van der Waals surface area contributed by atoms with Crippen LogP contribution in [0.15, 0.2) is 40.9 Å². The van der Waals surface area contributed by atoms with Gasteiger partial charge < -0.3 is 10.5 Å². The summed E-state index contributed by atoms with van der Waals surface area (Å²) >= 11 is 14.0. The normalized spacial score (nSPS) is 10.3. The second-order valence-corrected chi connectivity index (χ2v) is 5.77. The van der Waals surface area contributed by atoms with Crippen LogP contribution in [0.3, 0.4) is 0 Å². The fourth-order valence-electron chi connectivity index (χ4n) is 1.60. The number of ether oxygens (including phenoxy) is 1. The van der Waals surface area contributed by atoms with Crippen LogP contribution in [0, 0.1) is 5.82 Å². The van der Waals surface area contributed by atoms with Gasteiger partial charge in [0.25, 0.3) is 0 Å². The molecule has 6 heteroatoms. The molecule has 0 heterocycles. The summed E-state index contributed by atoms with van der Waals surface area (Å²) in [6, 6.07) is 9.76. The Morgan fingerprint density at radius 1 is 1.30 bits per heavy atom. The summed E-state index contributed by atoms with van der Waals surface area (Å²) in [5, 5.41) is 0.613. The first kappa shape index (κ1) is 15.2. The lowest BCUT2D eigenvalue weighted by Gasteiger charge is -2.10. The molecule has 0 aromatic heterocycles. The van der Waals surface area contributed by atoms with Gasteiger partial charge >= 0.3 is 0 Å². The molecule has 0 saturated carbocycles. The Kier molecular flexibility index (Phi) is 4.96. The summed E-state index contributed by atoms with van der Waals surface area (Å²) in [6.45, 7) is 0.274. The van der Waals surface area contributed by atoms with E-state index in [2.05, 4.69) is 15.9 Å². The van der Waals surface area contributed by atoms with Crippen molar-refractivity contribution in [2.75, 3.05) is 0 Å². The fourth-order valence-corrected chi connectivity index (χ4v) is 2.56. The predicted molar refractivity (Wildman–Crippen MR) is 85.8 cm³/mol. The zero-order valence-electron chi connectivity index (χ0n) is 10.2. The molecular formula is C14H10BrClFNOS. The first-order valence-electron chi connectivity index (χ1n) is 5.63. The highest BCUT2D eigenvalue weighted by atomic mass is 79.9. The van der Waals surface area contributed by atoms with Crippen molar-refractivity contribution in [2.24, 2.45) is 5.73 Å². The van der Waals surface area contributed by atoms with Gasteiger partial charge in [-0.15, -0.1) is 0 Å². The van der Waals surface area contributed by atoms with Gasteiger partial charge in [-0.3, -0.25) is 0 Å². The molecule has 0 aliphatic carbocycles. The van der Waals surface area contributed by atoms with Crippen LogP contribution >= 0.6 is 39.7 Å². The summed E-state index contributed by atoms with van der Waals surface area (Å²) in [4.78, 5) is 0.0250. The van der Waals surface area contributed by atoms with E-state index in [4.69, 9.17) is 34.3 Å². The van der Waals surface area contributed by atoms with Crippen molar-refractivity contribution in [2.45, 2.75) is 6.61 Å². The molecule has 0 radical (unpaired) electrons. The molecule has 0 amide bonds. The maximum absolute atomic E-state index is 13.5. The van der Waals surface area contributed by atoms with Crippen molar-refractivity contribution in [3.05, 3.63) is 62.8 Å². The van der Waals surface area contributed by atoms with Gasteiger partial charge in [0, 0.05) is 10.6 Å². The summed E-state index contributed by atoms with van der Waals surface area (Å²) in [5.74, 6) is 0.213. The molecule has 0 aliphatic heterocycles. The number of hydrogen-bond acceptors (Lipinski definition) is 2. The lowest BCUT2D eigenvalue weighted by atomic mass is 10.1. The monoisotopic (exact) mass is 373 g/mol. The van der Waals surface area contributed by atoms with Crippen LogP contribution < -0.4 is 10.5 Å². The van der Waals surface area contributed by atoms with E-state index in [1.54, 1.807) is 30.3 Å². The summed E-state index contributed by atoms with van der Waals surface area (Å²) in [6.07, 6.45) is 0. The van der Waals surface area contributed by atoms with Crippen LogP contribution in [-0.2, 0) is 6.61 Å². The van der Waals surface area contributed by atoms with Crippen molar-refractivity contribution < 1.29 is 9.13 Å². The topological polar surface area (TPSA) is 35.2 Å². The molecule has 0 spiro atoms. The van der Waals surface area contributed by atoms with Crippen LogP contribution in [0.1, 0.15) is 11.1 Å². The van der Waals surface area contributed by atoms with Crippen LogP contribution in [-0.4, -0.2) is 4.99 Å². The SMILES string of the molecule is NC(=S)c1cc(COc2ccc(Cl)cc2Br)ccc1F. The van der Waals surface area contributed by atoms with Gasteiger partial charge in [-0.05, 0) is 51.8 Å². The van der Waals surface area contributed by atoms with Crippen LogP contribution in [0.25, 0.3) is 0 Å². The van der Waals surface area contributed by atoms with E-state index >= 15 is 0 Å². The first-order chi connectivity index (χ1) is 9.47. The number of benzene rings is 2. The molecule has 0 saturated heterocycles. The van der Waals surface area contributed by atoms with E-state index in [0.29, 0.717) is 10.8 Å². The molecule has 0 unspecified atom stereocenters. The van der Waals surface area contributed by atoms with Crippen molar-refractivity contribution >= 4 is 44.7 Å². The van der Waals surface area contributed by atoms with Crippen LogP contribution in [0.2, 0.25) is 5.02 Å². The molecule has 0 aliphatic rings. The Bertz CT molecular complexity index is 666. The largest absolute Gasteiger partial charge is 0.488 e. The Balaban J connectivity index is 2.15. The fraction of sp³-hybridized carbons (Fsp3) is 0.0714. The molecule has 0 atom stereocenters. The number of thiocarbonyl (C=S) groups is 1. The Labute approximate surface area is 134 Å². The lowest BCUT2D eigenvalue weighted by molar-refractivity contribution is 0.304. The Morgan fingerprint density at radius 3 is 2.70 bits per heavy atom. The average Bonchev–Trinajstić information content (AvgIpc) is 2.39. The molecule has 2 aromatic rings. The molecule has 0 bridgehead atoms. The number of hydrogen-bond donors (Lipinski definition) is 1. The molecule has 0 fully saturated rings. The summed E-state index contributed by atoms with van der Waals surface area (Å²) in [5.41, 5.74) is 6.45. The van der Waals surface area contributed by atoms with Crippen molar-refractivity contribution in [1.82, 2.24) is 0 Å². The van der Waals surface area contributed by atoms with E-state index in [0.717, 1.165) is 10.0 Å². The van der Waals surface area contributed by atoms with Gasteiger partial charge in [0.15, 0.2) is 0 Å². The molecule has 2 rings (SSSR count). The zero-order valence-corrected chi connectivity index (χ0v) is 13.4. The average molecular weight is 375 g/mol. The minimum absolute atomic E-state index is 0.0250. The minimum atomic E-state index is -0.436. The first-order valence-corrected chi connectivity index (χ1v) is 7.21. The number of rotatable bonds is 4. The number of halogens is 3. The molecule has 2 nitrogen and oxygen atoms in total. The van der Waals surface area contributed by atoms with Gasteiger partial charge in [0.2, 0.25) is 0 Å². The van der Waals surface area contributed by atoms with Gasteiger partial charge in [0.05, 0.1) is 4.47 Å². The van der Waals surface area contributed by atoms with Crippen LogP contribution in [0.5, 0.6) is 5.75 Å². The lowest BCUT2D eigenvalue weighted by Crippen LogP contribution is -2.12. The van der Waals surface area contributed by atoms with Gasteiger partial charge in [-0.2, -0.15) is 0 Å². The maximum atomic E-state index is 13.5. The second kappa shape index (κ2) is 6.52. The van der Waals surface area contributed by atoms with E-state index in [-0.39, 0.29) is 17.2 Å². The number of nitrogens with two attached hydrogens (primary N) is 1. The van der Waals surface area contributed by atoms with E-state index in [1.807, 2.05) is 0 Å². The van der Waals surface area contributed by atoms with Crippen molar-refractivity contribution in [1.29, 1.82) is 0 Å². The standard InChI is InChI=1S/C14H10BrClFNOS/c15-11-6-9(16)2-4-13(11)19-7-8-1-3-12(17)10(5-8)14(18)20/h1-6H,7H2,(H2,18,20). The molecule has 20 heavy (non-hydrogen) atoms. The van der Waals surface area contributed by atoms with Gasteiger partial charge in [0.1, 0.15) is 23.2 Å². The molecular weight excluding hydrogens is 365 g/mol. The van der Waals surface area contributed by atoms with Crippen LogP contribution in [0.4, 0.5) is 4.39 Å². The maximum Gasteiger partial charge on any atom is 0.134 e. The smallest absolute Gasteiger partial charge is 0.134 e. The quantitative estimate of drug-likeness (QED) is 0.803. The summed E-state index contributed by atoms with van der Waals surface area (Å²) < 4.78 is 19.9. The Hall–Kier alpha value is -1.17. The highest BCUT2D eigenvalue weighted by Gasteiger charge is 2.07. The Morgan fingerprint density at radius 2 is 2.05 bits per heavy atom. The third-order valence-electron chi connectivity index (χ3n) is 2.58. The summed E-state index contributed by atoms with van der Waals surface area (Å²) in [7, 11) is 0. The van der Waals surface area contributed by atoms with Gasteiger partial charge in [-0.25, -0.2) is 4.39 Å². The second-order valence-electron chi connectivity index (χ2n) is 4.04. The van der Waals surface area contributed by atoms with Crippen molar-refractivity contribution in [3.63, 3.8) is 0 Å². The minimum Gasteiger partial charge on any atom is -0.488 e. The predicted octanol–water partition coefficient (Wildman–Crippen LogP) is 4.45. The third-order valence-corrected chi connectivity index (χ3v) is 3.66. The molecule has 2 aromatic carbocycles. The highest BCUT2D eigenvalue weighted by Crippen LogP contribution is 2.28. The van der Waals surface area contributed by atoms with E-state index in [1.165, 1.54) is 6.07 Å². The molecule has 104 valence electrons. The van der Waals surface area contributed by atoms with E-state index < -0.39 is 5.82 Å². The van der Waals surface area contributed by atoms with Gasteiger partial charge in [-0.1, -0.05) is 29.9 Å². The van der Waals surface area contributed by atoms with Crippen molar-refractivity contribution in [3.8, 4) is 5.75 Å². The molecule has 2 N–H and O–H groups in total. The zero-order chi connectivity index (χ0) is 14.7. The third kappa shape index (κ3) is 3.69. The highest BCUT2D eigenvalue weighted by molar-refractivity contribution is 9.10.